The molecule has 3 aromatic rings. The molecule has 1 aliphatic carbocycles. The van der Waals surface area contributed by atoms with E-state index in [9.17, 15) is 9.59 Å². The van der Waals surface area contributed by atoms with Crippen molar-refractivity contribution in [1.29, 1.82) is 0 Å². The molecule has 0 bridgehead atoms. The van der Waals surface area contributed by atoms with Crippen molar-refractivity contribution in [1.82, 2.24) is 5.32 Å². The van der Waals surface area contributed by atoms with Crippen LogP contribution in [-0.4, -0.2) is 18.4 Å². The lowest BCUT2D eigenvalue weighted by Gasteiger charge is -2.11. The Hall–Kier alpha value is -3.80. The van der Waals surface area contributed by atoms with Crippen molar-refractivity contribution in [2.45, 2.75) is 26.0 Å². The van der Waals surface area contributed by atoms with Gasteiger partial charge in [0.1, 0.15) is 18.1 Å². The monoisotopic (exact) mass is 430 g/mol. The van der Waals surface area contributed by atoms with Gasteiger partial charge in [0.05, 0.1) is 0 Å². The Bertz CT molecular complexity index is 1060. The van der Waals surface area contributed by atoms with Crippen LogP contribution in [0.3, 0.4) is 0 Å². The molecule has 3 aromatic carbocycles. The molecule has 0 heterocycles. The summed E-state index contributed by atoms with van der Waals surface area (Å²) in [6.45, 7) is 0.762. The summed E-state index contributed by atoms with van der Waals surface area (Å²) in [5.41, 5.74) is 2.69. The minimum Gasteiger partial charge on any atom is -0.489 e. The van der Waals surface area contributed by atoms with E-state index in [0.29, 0.717) is 24.6 Å². The summed E-state index contributed by atoms with van der Waals surface area (Å²) in [4.78, 5) is 24.1. The quantitative estimate of drug-likeness (QED) is 0.503. The van der Waals surface area contributed by atoms with Gasteiger partial charge in [-0.1, -0.05) is 48.5 Å². The zero-order chi connectivity index (χ0) is 22.2. The molecule has 4 rings (SSSR count). The molecule has 0 unspecified atom stereocenters. The molecule has 2 N–H and O–H groups in total. The molecule has 0 aliphatic heterocycles. The third-order valence-corrected chi connectivity index (χ3v) is 5.05. The molecule has 1 aliphatic rings. The van der Waals surface area contributed by atoms with Crippen molar-refractivity contribution in [2.24, 2.45) is 5.92 Å². The van der Waals surface area contributed by atoms with Gasteiger partial charge in [-0.05, 0) is 48.2 Å². The Morgan fingerprint density at radius 3 is 2.38 bits per heavy atom. The van der Waals surface area contributed by atoms with Crippen LogP contribution in [0, 0.1) is 5.92 Å². The zero-order valence-corrected chi connectivity index (χ0v) is 17.8. The SMILES string of the molecule is O=C(COc1cccc(NC(=O)C2CC2)c1)NCc1cccc(COc2ccccc2)c1. The standard InChI is InChI=1S/C26H26N2O4/c29-25(18-32-24-11-5-8-22(15-24)28-26(30)21-12-13-21)27-16-19-6-4-7-20(14-19)17-31-23-9-2-1-3-10-23/h1-11,14-15,21H,12-13,16-18H2,(H,27,29)(H,28,30). The summed E-state index contributed by atoms with van der Waals surface area (Å²) < 4.78 is 11.4. The minimum absolute atomic E-state index is 0.0382. The Morgan fingerprint density at radius 1 is 0.812 bits per heavy atom. The number of carbonyl (C=O) groups is 2. The molecule has 0 saturated heterocycles. The Balaban J connectivity index is 1.21. The van der Waals surface area contributed by atoms with Gasteiger partial charge in [0.2, 0.25) is 5.91 Å². The van der Waals surface area contributed by atoms with Crippen LogP contribution < -0.4 is 20.1 Å². The molecule has 32 heavy (non-hydrogen) atoms. The number of para-hydroxylation sites is 1. The molecule has 6 heteroatoms. The maximum Gasteiger partial charge on any atom is 0.258 e. The molecule has 164 valence electrons. The number of rotatable bonds is 10. The van der Waals surface area contributed by atoms with E-state index in [1.165, 1.54) is 0 Å². The fraction of sp³-hybridized carbons (Fsp3) is 0.231. The van der Waals surface area contributed by atoms with E-state index >= 15 is 0 Å². The van der Waals surface area contributed by atoms with Gasteiger partial charge in [0.25, 0.3) is 5.91 Å². The van der Waals surface area contributed by atoms with Crippen molar-refractivity contribution >= 4 is 17.5 Å². The van der Waals surface area contributed by atoms with Gasteiger partial charge < -0.3 is 20.1 Å². The average Bonchev–Trinajstić information content (AvgIpc) is 3.67. The van der Waals surface area contributed by atoms with Crippen LogP contribution in [0.15, 0.2) is 78.9 Å². The van der Waals surface area contributed by atoms with Gasteiger partial charge in [0.15, 0.2) is 6.61 Å². The lowest BCUT2D eigenvalue weighted by molar-refractivity contribution is -0.123. The van der Waals surface area contributed by atoms with Crippen LogP contribution >= 0.6 is 0 Å². The zero-order valence-electron chi connectivity index (χ0n) is 17.8. The second-order valence-corrected chi connectivity index (χ2v) is 7.78. The van der Waals surface area contributed by atoms with Gasteiger partial charge in [-0.15, -0.1) is 0 Å². The highest BCUT2D eigenvalue weighted by Gasteiger charge is 2.29. The predicted molar refractivity (Wildman–Crippen MR) is 122 cm³/mol. The summed E-state index contributed by atoms with van der Waals surface area (Å²) in [6, 6.07) is 24.6. The third kappa shape index (κ3) is 6.60. The Morgan fingerprint density at radius 2 is 1.56 bits per heavy atom. The molecule has 0 atom stereocenters. The van der Waals surface area contributed by atoms with E-state index in [-0.39, 0.29) is 24.3 Å². The molecule has 0 aromatic heterocycles. The molecule has 2 amide bonds. The maximum absolute atomic E-state index is 12.2. The number of ether oxygens (including phenoxy) is 2. The number of anilines is 1. The lowest BCUT2D eigenvalue weighted by atomic mass is 10.1. The van der Waals surface area contributed by atoms with Gasteiger partial charge >= 0.3 is 0 Å². The summed E-state index contributed by atoms with van der Waals surface area (Å²) in [5, 5.41) is 5.74. The third-order valence-electron chi connectivity index (χ3n) is 5.05. The van der Waals surface area contributed by atoms with Crippen molar-refractivity contribution in [3.63, 3.8) is 0 Å². The molecule has 1 saturated carbocycles. The molecule has 0 radical (unpaired) electrons. The lowest BCUT2D eigenvalue weighted by Crippen LogP contribution is -2.28. The minimum atomic E-state index is -0.219. The van der Waals surface area contributed by atoms with Gasteiger partial charge in [0, 0.05) is 24.2 Å². The van der Waals surface area contributed by atoms with Crippen LogP contribution in [0.1, 0.15) is 24.0 Å². The van der Waals surface area contributed by atoms with Crippen molar-refractivity contribution < 1.29 is 19.1 Å². The van der Waals surface area contributed by atoms with E-state index < -0.39 is 0 Å². The van der Waals surface area contributed by atoms with Crippen LogP contribution in [0.5, 0.6) is 11.5 Å². The first-order valence-electron chi connectivity index (χ1n) is 10.7. The van der Waals surface area contributed by atoms with Crippen molar-refractivity contribution in [3.05, 3.63) is 90.0 Å². The number of hydrogen-bond donors (Lipinski definition) is 2. The van der Waals surface area contributed by atoms with Crippen molar-refractivity contribution in [3.8, 4) is 11.5 Å². The highest BCUT2D eigenvalue weighted by Crippen LogP contribution is 2.30. The predicted octanol–water partition coefficient (Wildman–Crippen LogP) is 4.31. The van der Waals surface area contributed by atoms with Gasteiger partial charge in [-0.2, -0.15) is 0 Å². The maximum atomic E-state index is 12.2. The molecular formula is C26H26N2O4. The van der Waals surface area contributed by atoms with Crippen LogP contribution in [0.4, 0.5) is 5.69 Å². The molecule has 6 nitrogen and oxygen atoms in total. The molecule has 1 fully saturated rings. The summed E-state index contributed by atoms with van der Waals surface area (Å²) >= 11 is 0. The Labute approximate surface area is 187 Å². The van der Waals surface area contributed by atoms with E-state index in [0.717, 1.165) is 29.7 Å². The molecule has 0 spiro atoms. The number of nitrogens with one attached hydrogen (secondary N) is 2. The summed E-state index contributed by atoms with van der Waals surface area (Å²) in [6.07, 6.45) is 1.90. The summed E-state index contributed by atoms with van der Waals surface area (Å²) in [5.74, 6) is 1.31. The van der Waals surface area contributed by atoms with E-state index in [4.69, 9.17) is 9.47 Å². The molecular weight excluding hydrogens is 404 g/mol. The van der Waals surface area contributed by atoms with Crippen LogP contribution in [0.25, 0.3) is 0 Å². The average molecular weight is 431 g/mol. The van der Waals surface area contributed by atoms with Gasteiger partial charge in [-0.25, -0.2) is 0 Å². The number of hydrogen-bond acceptors (Lipinski definition) is 4. The second kappa shape index (κ2) is 10.5. The van der Waals surface area contributed by atoms with Gasteiger partial charge in [-0.3, -0.25) is 9.59 Å². The first kappa shape index (κ1) is 21.4. The van der Waals surface area contributed by atoms with E-state index in [1.807, 2.05) is 60.7 Å². The number of carbonyl (C=O) groups excluding carboxylic acids is 2. The topological polar surface area (TPSA) is 76.7 Å². The van der Waals surface area contributed by atoms with E-state index in [1.54, 1.807) is 18.2 Å². The van der Waals surface area contributed by atoms with Crippen molar-refractivity contribution in [2.75, 3.05) is 11.9 Å². The smallest absolute Gasteiger partial charge is 0.258 e. The van der Waals surface area contributed by atoms with E-state index in [2.05, 4.69) is 10.6 Å². The fourth-order valence-corrected chi connectivity index (χ4v) is 3.17. The second-order valence-electron chi connectivity index (χ2n) is 7.78. The largest absolute Gasteiger partial charge is 0.489 e. The first-order chi connectivity index (χ1) is 15.7. The first-order valence-corrected chi connectivity index (χ1v) is 10.7. The Kier molecular flexibility index (Phi) is 7.02. The normalized spacial score (nSPS) is 12.6. The number of benzene rings is 3. The van der Waals surface area contributed by atoms with Crippen LogP contribution in [0.2, 0.25) is 0 Å². The highest BCUT2D eigenvalue weighted by atomic mass is 16.5. The summed E-state index contributed by atoms with van der Waals surface area (Å²) in [7, 11) is 0. The van der Waals surface area contributed by atoms with Crippen LogP contribution in [-0.2, 0) is 22.7 Å². The fourth-order valence-electron chi connectivity index (χ4n) is 3.17. The highest BCUT2D eigenvalue weighted by molar-refractivity contribution is 5.94. The number of amides is 2.